The molecule has 0 aromatic rings. The summed E-state index contributed by atoms with van der Waals surface area (Å²) < 4.78 is 0. The minimum absolute atomic E-state index is 0.299. The Kier molecular flexibility index (Phi) is 4.51. The van der Waals surface area contributed by atoms with Gasteiger partial charge in [-0.25, -0.2) is 0 Å². The second kappa shape index (κ2) is 5.10. The number of nitrogens with zero attached hydrogens (tertiary/aromatic N) is 1. The number of hydrogen-bond donors (Lipinski definition) is 1. The largest absolute Gasteiger partial charge is 0.343 e. The van der Waals surface area contributed by atoms with Crippen molar-refractivity contribution in [3.63, 3.8) is 0 Å². The topological polar surface area (TPSA) is 52.9 Å². The second-order valence-electron chi connectivity index (χ2n) is 1.75. The number of rotatable bonds is 4. The second-order valence-corrected chi connectivity index (χ2v) is 1.75. The molecule has 0 heterocycles. The van der Waals surface area contributed by atoms with E-state index in [4.69, 9.17) is 5.26 Å². The minimum atomic E-state index is -0.299. The average Bonchev–Trinajstić information content (AvgIpc) is 1.88. The van der Waals surface area contributed by atoms with Gasteiger partial charge < -0.3 is 5.32 Å². The molecule has 0 rings (SSSR count). The lowest BCUT2D eigenvalue weighted by Crippen LogP contribution is -2.25. The van der Waals surface area contributed by atoms with Crippen LogP contribution in [0, 0.1) is 11.3 Å². The van der Waals surface area contributed by atoms with E-state index in [-0.39, 0.29) is 6.04 Å². The molecule has 0 bridgehead atoms. The molecule has 1 amide bonds. The highest BCUT2D eigenvalue weighted by Gasteiger charge is 2.00. The average molecular weight is 126 g/mol. The van der Waals surface area contributed by atoms with Gasteiger partial charge in [-0.2, -0.15) is 5.26 Å². The summed E-state index contributed by atoms with van der Waals surface area (Å²) in [5.74, 6) is 0. The predicted molar refractivity (Wildman–Crippen MR) is 33.5 cm³/mol. The molecule has 0 spiro atoms. The summed E-state index contributed by atoms with van der Waals surface area (Å²) in [7, 11) is 0. The van der Waals surface area contributed by atoms with Gasteiger partial charge in [-0.1, -0.05) is 13.3 Å². The zero-order chi connectivity index (χ0) is 7.11. The van der Waals surface area contributed by atoms with E-state index in [1.807, 2.05) is 13.0 Å². The summed E-state index contributed by atoms with van der Waals surface area (Å²) in [6, 6.07) is 1.66. The summed E-state index contributed by atoms with van der Waals surface area (Å²) in [5, 5.41) is 10.7. The van der Waals surface area contributed by atoms with Crippen molar-refractivity contribution in [3.05, 3.63) is 0 Å². The van der Waals surface area contributed by atoms with E-state index in [1.54, 1.807) is 0 Å². The number of nitrogens with one attached hydrogen (secondary N) is 1. The normalized spacial score (nSPS) is 11.6. The van der Waals surface area contributed by atoms with Gasteiger partial charge in [-0.15, -0.1) is 0 Å². The van der Waals surface area contributed by atoms with Crippen molar-refractivity contribution in [1.82, 2.24) is 5.32 Å². The molecule has 0 aliphatic heterocycles. The maximum absolute atomic E-state index is 9.79. The van der Waals surface area contributed by atoms with Crippen LogP contribution in [0.1, 0.15) is 19.8 Å². The number of nitriles is 1. The summed E-state index contributed by atoms with van der Waals surface area (Å²) in [6.45, 7) is 1.97. The number of amides is 1. The Hall–Kier alpha value is -1.04. The first-order chi connectivity index (χ1) is 4.35. The molecule has 0 fully saturated rings. The lowest BCUT2D eigenvalue weighted by atomic mass is 10.2. The van der Waals surface area contributed by atoms with Crippen molar-refractivity contribution >= 4 is 6.41 Å². The summed E-state index contributed by atoms with van der Waals surface area (Å²) in [5.41, 5.74) is 0. The first-order valence-electron chi connectivity index (χ1n) is 2.94. The first kappa shape index (κ1) is 7.96. The first-order valence-corrected chi connectivity index (χ1v) is 2.94. The molecule has 0 radical (unpaired) electrons. The zero-order valence-electron chi connectivity index (χ0n) is 5.42. The molecule has 50 valence electrons. The van der Waals surface area contributed by atoms with Crippen LogP contribution in [0.3, 0.4) is 0 Å². The molecule has 0 aliphatic carbocycles. The van der Waals surface area contributed by atoms with Crippen molar-refractivity contribution < 1.29 is 4.79 Å². The van der Waals surface area contributed by atoms with Gasteiger partial charge in [0.1, 0.15) is 6.04 Å². The highest BCUT2D eigenvalue weighted by Crippen LogP contribution is 1.92. The van der Waals surface area contributed by atoms with Gasteiger partial charge in [-0.3, -0.25) is 4.79 Å². The molecule has 0 saturated carbocycles. The highest BCUT2D eigenvalue weighted by molar-refractivity contribution is 5.47. The summed E-state index contributed by atoms with van der Waals surface area (Å²) in [6.07, 6.45) is 2.21. The van der Waals surface area contributed by atoms with Crippen LogP contribution in [0.25, 0.3) is 0 Å². The molecule has 1 unspecified atom stereocenters. The van der Waals surface area contributed by atoms with Crippen LogP contribution in [0.2, 0.25) is 0 Å². The van der Waals surface area contributed by atoms with Crippen LogP contribution in [0.15, 0.2) is 0 Å². The van der Waals surface area contributed by atoms with E-state index in [0.29, 0.717) is 6.41 Å². The molecule has 1 atom stereocenters. The van der Waals surface area contributed by atoms with Crippen molar-refractivity contribution in [2.75, 3.05) is 0 Å². The molecule has 9 heavy (non-hydrogen) atoms. The van der Waals surface area contributed by atoms with E-state index in [1.165, 1.54) is 0 Å². The maximum atomic E-state index is 9.79. The van der Waals surface area contributed by atoms with Gasteiger partial charge in [0.05, 0.1) is 6.07 Å². The lowest BCUT2D eigenvalue weighted by molar-refractivity contribution is -0.109. The Morgan fingerprint density at radius 3 is 2.89 bits per heavy atom. The zero-order valence-corrected chi connectivity index (χ0v) is 5.42. The van der Waals surface area contributed by atoms with Gasteiger partial charge in [-0.05, 0) is 6.42 Å². The standard InChI is InChI=1S/C6H10N2O/c1-2-3-6(4-7)8-5-9/h5-6H,2-3H2,1H3,(H,8,9). The minimum Gasteiger partial charge on any atom is -0.343 e. The van der Waals surface area contributed by atoms with Crippen molar-refractivity contribution in [3.8, 4) is 6.07 Å². The quantitative estimate of drug-likeness (QED) is 0.555. The number of carbonyl (C=O) groups is 1. The smallest absolute Gasteiger partial charge is 0.208 e. The Morgan fingerprint density at radius 2 is 2.56 bits per heavy atom. The van der Waals surface area contributed by atoms with Gasteiger partial charge in [0.25, 0.3) is 0 Å². The molecule has 3 nitrogen and oxygen atoms in total. The predicted octanol–water partition coefficient (Wildman–Crippen LogP) is 0.425. The molecule has 3 heteroatoms. The van der Waals surface area contributed by atoms with Gasteiger partial charge in [0.15, 0.2) is 0 Å². The summed E-state index contributed by atoms with van der Waals surface area (Å²) in [4.78, 5) is 9.79. The molecule has 0 aliphatic rings. The maximum Gasteiger partial charge on any atom is 0.208 e. The van der Waals surface area contributed by atoms with Gasteiger partial charge in [0, 0.05) is 0 Å². The van der Waals surface area contributed by atoms with E-state index >= 15 is 0 Å². The Labute approximate surface area is 54.7 Å². The molecule has 1 N–H and O–H groups in total. The van der Waals surface area contributed by atoms with Crippen LogP contribution in [0.5, 0.6) is 0 Å². The van der Waals surface area contributed by atoms with Crippen LogP contribution < -0.4 is 5.32 Å². The third kappa shape index (κ3) is 3.53. The highest BCUT2D eigenvalue weighted by atomic mass is 16.1. The van der Waals surface area contributed by atoms with Gasteiger partial charge >= 0.3 is 0 Å². The number of carbonyl (C=O) groups excluding carboxylic acids is 1. The SMILES string of the molecule is CCCC(C#N)NC=O. The van der Waals surface area contributed by atoms with Gasteiger partial charge in [0.2, 0.25) is 6.41 Å². The fourth-order valence-electron chi connectivity index (χ4n) is 0.556. The van der Waals surface area contributed by atoms with Crippen LogP contribution in [-0.4, -0.2) is 12.5 Å². The third-order valence-corrected chi connectivity index (χ3v) is 1.00. The Morgan fingerprint density at radius 1 is 1.89 bits per heavy atom. The van der Waals surface area contributed by atoms with E-state index in [0.717, 1.165) is 12.8 Å². The molecular formula is C6H10N2O. The van der Waals surface area contributed by atoms with Crippen molar-refractivity contribution in [2.45, 2.75) is 25.8 Å². The fourth-order valence-corrected chi connectivity index (χ4v) is 0.556. The van der Waals surface area contributed by atoms with Crippen LogP contribution >= 0.6 is 0 Å². The van der Waals surface area contributed by atoms with Crippen molar-refractivity contribution in [1.29, 1.82) is 5.26 Å². The monoisotopic (exact) mass is 126 g/mol. The summed E-state index contributed by atoms with van der Waals surface area (Å²) >= 11 is 0. The fraction of sp³-hybridized carbons (Fsp3) is 0.667. The Balaban J connectivity index is 3.44. The lowest BCUT2D eigenvalue weighted by Gasteiger charge is -2.02. The van der Waals surface area contributed by atoms with Crippen LogP contribution in [0.4, 0.5) is 0 Å². The Bertz CT molecular complexity index is 117. The molecule has 0 aromatic heterocycles. The van der Waals surface area contributed by atoms with Crippen LogP contribution in [-0.2, 0) is 4.79 Å². The molecule has 0 aromatic carbocycles. The van der Waals surface area contributed by atoms with E-state index in [2.05, 4.69) is 5.32 Å². The van der Waals surface area contributed by atoms with E-state index < -0.39 is 0 Å². The van der Waals surface area contributed by atoms with E-state index in [9.17, 15) is 4.79 Å². The van der Waals surface area contributed by atoms with Crippen molar-refractivity contribution in [2.24, 2.45) is 0 Å². The number of hydrogen-bond acceptors (Lipinski definition) is 2. The third-order valence-electron chi connectivity index (χ3n) is 1.00. The molecular weight excluding hydrogens is 116 g/mol. The molecule has 0 saturated heterocycles.